The Morgan fingerprint density at radius 3 is 2.61 bits per heavy atom. The van der Waals surface area contributed by atoms with Gasteiger partial charge in [-0.05, 0) is 44.0 Å². The fraction of sp³-hybridized carbons (Fsp3) is 0.429. The van der Waals surface area contributed by atoms with Crippen LogP contribution in [0.25, 0.3) is 0 Å². The van der Waals surface area contributed by atoms with E-state index in [0.717, 1.165) is 5.56 Å². The smallest absolute Gasteiger partial charge is 0.305 e. The Morgan fingerprint density at radius 1 is 1.28 bits per heavy atom. The van der Waals surface area contributed by atoms with E-state index in [1.165, 1.54) is 0 Å². The Morgan fingerprint density at radius 2 is 2.00 bits per heavy atom. The van der Waals surface area contributed by atoms with Crippen molar-refractivity contribution in [3.05, 3.63) is 34.3 Å². The first kappa shape index (κ1) is 14.7. The van der Waals surface area contributed by atoms with Crippen LogP contribution >= 0.6 is 11.6 Å². The molecule has 98 valence electrons. The summed E-state index contributed by atoms with van der Waals surface area (Å²) < 4.78 is 4.80. The molecule has 0 saturated carbocycles. The molecule has 1 aromatic rings. The summed E-state index contributed by atoms with van der Waals surface area (Å²) in [6.07, 6.45) is 1.14. The average Bonchev–Trinajstić information content (AvgIpc) is 2.33. The Bertz CT molecular complexity index is 441. The lowest BCUT2D eigenvalue weighted by Crippen LogP contribution is -2.06. The number of hydrogen-bond acceptors (Lipinski definition) is 3. The van der Waals surface area contributed by atoms with E-state index < -0.39 is 0 Å². The largest absolute Gasteiger partial charge is 0.466 e. The van der Waals surface area contributed by atoms with Gasteiger partial charge in [-0.2, -0.15) is 0 Å². The Balaban J connectivity index is 2.45. The minimum atomic E-state index is -0.252. The number of aryl methyl sites for hydroxylation is 1. The van der Waals surface area contributed by atoms with Gasteiger partial charge in [0.2, 0.25) is 0 Å². The SMILES string of the molecule is CCOC(=O)CCCC(=O)c1ccc(Cl)c(C)c1. The van der Waals surface area contributed by atoms with Crippen LogP contribution < -0.4 is 0 Å². The van der Waals surface area contributed by atoms with Gasteiger partial charge in [-0.15, -0.1) is 0 Å². The predicted molar refractivity (Wildman–Crippen MR) is 71.0 cm³/mol. The highest BCUT2D eigenvalue weighted by molar-refractivity contribution is 6.31. The fourth-order valence-corrected chi connectivity index (χ4v) is 1.71. The molecule has 0 aliphatic heterocycles. The van der Waals surface area contributed by atoms with Crippen LogP contribution in [-0.2, 0) is 9.53 Å². The van der Waals surface area contributed by atoms with Crippen molar-refractivity contribution < 1.29 is 14.3 Å². The maximum Gasteiger partial charge on any atom is 0.305 e. The average molecular weight is 269 g/mol. The second-order valence-electron chi connectivity index (χ2n) is 4.05. The lowest BCUT2D eigenvalue weighted by molar-refractivity contribution is -0.143. The molecule has 1 aromatic carbocycles. The zero-order chi connectivity index (χ0) is 13.5. The Kier molecular flexibility index (Phi) is 5.86. The van der Waals surface area contributed by atoms with E-state index in [1.54, 1.807) is 25.1 Å². The van der Waals surface area contributed by atoms with Crippen molar-refractivity contribution >= 4 is 23.4 Å². The number of ether oxygens (including phenoxy) is 1. The van der Waals surface area contributed by atoms with Crippen LogP contribution in [0.15, 0.2) is 18.2 Å². The molecule has 1 rings (SSSR count). The highest BCUT2D eigenvalue weighted by Crippen LogP contribution is 2.17. The minimum absolute atomic E-state index is 0.0269. The van der Waals surface area contributed by atoms with E-state index in [1.807, 2.05) is 6.92 Å². The maximum atomic E-state index is 11.9. The number of benzene rings is 1. The van der Waals surface area contributed by atoms with Crippen LogP contribution in [-0.4, -0.2) is 18.4 Å². The van der Waals surface area contributed by atoms with Gasteiger partial charge < -0.3 is 4.74 Å². The third-order valence-electron chi connectivity index (χ3n) is 2.57. The minimum Gasteiger partial charge on any atom is -0.466 e. The van der Waals surface area contributed by atoms with Crippen molar-refractivity contribution in [3.8, 4) is 0 Å². The van der Waals surface area contributed by atoms with Crippen molar-refractivity contribution in [2.75, 3.05) is 6.61 Å². The number of carbonyl (C=O) groups is 2. The van der Waals surface area contributed by atoms with Crippen LogP contribution in [0.1, 0.15) is 42.1 Å². The molecule has 0 unspecified atom stereocenters. The van der Waals surface area contributed by atoms with Crippen LogP contribution in [0.3, 0.4) is 0 Å². The van der Waals surface area contributed by atoms with E-state index >= 15 is 0 Å². The summed E-state index contributed by atoms with van der Waals surface area (Å²) in [6, 6.07) is 5.20. The highest BCUT2D eigenvalue weighted by Gasteiger charge is 2.09. The molecule has 0 amide bonds. The lowest BCUT2D eigenvalue weighted by atomic mass is 10.0. The molecular formula is C14H17ClO3. The van der Waals surface area contributed by atoms with Gasteiger partial charge in [0.15, 0.2) is 5.78 Å². The molecule has 0 aliphatic carbocycles. The van der Waals surface area contributed by atoms with Crippen molar-refractivity contribution in [1.29, 1.82) is 0 Å². The number of ketones is 1. The molecule has 0 spiro atoms. The molecular weight excluding hydrogens is 252 g/mol. The number of halogens is 1. The molecule has 0 bridgehead atoms. The molecule has 0 fully saturated rings. The normalized spacial score (nSPS) is 10.2. The van der Waals surface area contributed by atoms with Crippen molar-refractivity contribution in [1.82, 2.24) is 0 Å². The molecule has 0 aromatic heterocycles. The zero-order valence-electron chi connectivity index (χ0n) is 10.7. The molecule has 0 heterocycles. The van der Waals surface area contributed by atoms with Crippen molar-refractivity contribution in [2.24, 2.45) is 0 Å². The zero-order valence-corrected chi connectivity index (χ0v) is 11.4. The summed E-state index contributed by atoms with van der Waals surface area (Å²) >= 11 is 5.89. The number of hydrogen-bond donors (Lipinski definition) is 0. The first-order valence-electron chi connectivity index (χ1n) is 5.99. The van der Waals surface area contributed by atoms with Crippen molar-refractivity contribution in [3.63, 3.8) is 0 Å². The van der Waals surface area contributed by atoms with Gasteiger partial charge in [0.1, 0.15) is 0 Å². The number of carbonyl (C=O) groups excluding carboxylic acids is 2. The summed E-state index contributed by atoms with van der Waals surface area (Å²) in [5.41, 5.74) is 1.52. The third-order valence-corrected chi connectivity index (χ3v) is 2.99. The molecule has 4 heteroatoms. The van der Waals surface area contributed by atoms with E-state index in [-0.39, 0.29) is 18.2 Å². The summed E-state index contributed by atoms with van der Waals surface area (Å²) in [5, 5.41) is 0.651. The first-order valence-corrected chi connectivity index (χ1v) is 6.37. The summed E-state index contributed by atoms with van der Waals surface area (Å²) in [5.74, 6) is -0.225. The molecule has 0 N–H and O–H groups in total. The van der Waals surface area contributed by atoms with Crippen LogP contribution in [0.2, 0.25) is 5.02 Å². The predicted octanol–water partition coefficient (Wildman–Crippen LogP) is 3.56. The molecule has 18 heavy (non-hydrogen) atoms. The topological polar surface area (TPSA) is 43.4 Å². The monoisotopic (exact) mass is 268 g/mol. The van der Waals surface area contributed by atoms with Gasteiger partial charge in [-0.1, -0.05) is 11.6 Å². The molecule has 0 aliphatic rings. The number of Topliss-reactive ketones (excluding diaryl/α,β-unsaturated/α-hetero) is 1. The van der Waals surface area contributed by atoms with E-state index in [2.05, 4.69) is 0 Å². The third kappa shape index (κ3) is 4.49. The molecule has 0 saturated heterocycles. The van der Waals surface area contributed by atoms with Gasteiger partial charge in [-0.25, -0.2) is 0 Å². The van der Waals surface area contributed by atoms with Gasteiger partial charge in [-0.3, -0.25) is 9.59 Å². The van der Waals surface area contributed by atoms with Gasteiger partial charge in [0.05, 0.1) is 6.61 Å². The van der Waals surface area contributed by atoms with E-state index in [4.69, 9.17) is 16.3 Å². The second-order valence-corrected chi connectivity index (χ2v) is 4.45. The maximum absolute atomic E-state index is 11.9. The highest BCUT2D eigenvalue weighted by atomic mass is 35.5. The standard InChI is InChI=1S/C14H17ClO3/c1-3-18-14(17)6-4-5-13(16)11-7-8-12(15)10(2)9-11/h7-9H,3-6H2,1-2H3. The summed E-state index contributed by atoms with van der Waals surface area (Å²) in [4.78, 5) is 23.0. The van der Waals surface area contributed by atoms with Crippen LogP contribution in [0, 0.1) is 6.92 Å². The Labute approximate surface area is 112 Å². The first-order chi connectivity index (χ1) is 8.54. The molecule has 3 nitrogen and oxygen atoms in total. The summed E-state index contributed by atoms with van der Waals surface area (Å²) in [6.45, 7) is 4.00. The Hall–Kier alpha value is -1.35. The van der Waals surface area contributed by atoms with Gasteiger partial charge >= 0.3 is 5.97 Å². The van der Waals surface area contributed by atoms with E-state index in [0.29, 0.717) is 30.0 Å². The van der Waals surface area contributed by atoms with E-state index in [9.17, 15) is 9.59 Å². The van der Waals surface area contributed by atoms with Gasteiger partial charge in [0.25, 0.3) is 0 Å². The number of esters is 1. The quantitative estimate of drug-likeness (QED) is 0.585. The molecule has 0 radical (unpaired) electrons. The second kappa shape index (κ2) is 7.17. The molecule has 0 atom stereocenters. The van der Waals surface area contributed by atoms with Gasteiger partial charge in [0, 0.05) is 23.4 Å². The fourth-order valence-electron chi connectivity index (χ4n) is 1.59. The van der Waals surface area contributed by atoms with Crippen molar-refractivity contribution in [2.45, 2.75) is 33.1 Å². The lowest BCUT2D eigenvalue weighted by Gasteiger charge is -2.04. The van der Waals surface area contributed by atoms with Crippen LogP contribution in [0.4, 0.5) is 0 Å². The van der Waals surface area contributed by atoms with Crippen LogP contribution in [0.5, 0.6) is 0 Å². The number of rotatable bonds is 6. The summed E-state index contributed by atoms with van der Waals surface area (Å²) in [7, 11) is 0.